The number of rotatable bonds is 5. The summed E-state index contributed by atoms with van der Waals surface area (Å²) in [7, 11) is 0. The number of nitrogens with zero attached hydrogens (tertiary/aromatic N) is 3. The van der Waals surface area contributed by atoms with Gasteiger partial charge in [-0.25, -0.2) is 9.78 Å². The van der Waals surface area contributed by atoms with Crippen LogP contribution in [0.5, 0.6) is 5.75 Å². The van der Waals surface area contributed by atoms with Gasteiger partial charge in [-0.2, -0.15) is 0 Å². The number of aryl methyl sites for hydroxylation is 2. The lowest BCUT2D eigenvalue weighted by molar-refractivity contribution is 0.110. The van der Waals surface area contributed by atoms with E-state index < -0.39 is 0 Å². The number of urea groups is 1. The lowest BCUT2D eigenvalue weighted by atomic mass is 10.1. The monoisotopic (exact) mass is 422 g/mol. The molecule has 2 aliphatic rings. The van der Waals surface area contributed by atoms with Crippen LogP contribution in [0.2, 0.25) is 0 Å². The molecule has 2 fully saturated rings. The third-order valence-corrected chi connectivity index (χ3v) is 6.30. The van der Waals surface area contributed by atoms with E-state index in [0.717, 1.165) is 48.6 Å². The number of carbonyl (C=O) groups excluding carboxylic acids is 1. The van der Waals surface area contributed by atoms with Crippen molar-refractivity contribution in [2.45, 2.75) is 58.6 Å². The molecule has 2 aliphatic heterocycles. The molecular formula is C25H34N4O2. The minimum absolute atomic E-state index is 0.00899. The highest BCUT2D eigenvalue weighted by atomic mass is 16.5. The van der Waals surface area contributed by atoms with Crippen molar-refractivity contribution in [3.63, 3.8) is 0 Å². The molecule has 166 valence electrons. The number of pyridine rings is 1. The molecule has 2 aromatic rings. The Hall–Kier alpha value is -2.76. The lowest BCUT2D eigenvalue weighted by Gasteiger charge is -2.32. The van der Waals surface area contributed by atoms with E-state index in [0.29, 0.717) is 19.6 Å². The van der Waals surface area contributed by atoms with Crippen LogP contribution in [0.15, 0.2) is 36.5 Å². The van der Waals surface area contributed by atoms with Crippen molar-refractivity contribution in [1.82, 2.24) is 15.2 Å². The van der Waals surface area contributed by atoms with Crippen LogP contribution in [-0.4, -0.2) is 48.2 Å². The second-order valence-electron chi connectivity index (χ2n) is 8.80. The molecule has 1 aromatic heterocycles. The number of carbonyl (C=O) groups is 1. The van der Waals surface area contributed by atoms with Gasteiger partial charge >= 0.3 is 6.03 Å². The molecule has 6 heteroatoms. The first-order chi connectivity index (χ1) is 15.1. The van der Waals surface area contributed by atoms with E-state index in [1.807, 2.05) is 11.1 Å². The molecule has 0 spiro atoms. The van der Waals surface area contributed by atoms with Gasteiger partial charge in [0.1, 0.15) is 17.7 Å². The standard InChI is InChI=1S/C25H34N4O2/c1-19-6-7-20(2)23(16-19)31-22-10-14-29(15-11-22)25(30)27-18-21-8-9-24(26-17-21)28-12-4-3-5-13-28/h6-9,16-17,22H,3-5,10-15,18H2,1-2H3,(H,27,30). The van der Waals surface area contributed by atoms with Crippen LogP contribution in [0.4, 0.5) is 10.6 Å². The zero-order valence-electron chi connectivity index (χ0n) is 18.8. The Kier molecular flexibility index (Phi) is 6.95. The van der Waals surface area contributed by atoms with Crippen LogP contribution in [0.25, 0.3) is 0 Å². The number of piperidine rings is 2. The number of ether oxygens (including phenoxy) is 1. The molecule has 4 rings (SSSR count). The maximum Gasteiger partial charge on any atom is 0.317 e. The van der Waals surface area contributed by atoms with Gasteiger partial charge in [-0.05, 0) is 61.9 Å². The predicted octanol–water partition coefficient (Wildman–Crippen LogP) is 4.44. The van der Waals surface area contributed by atoms with Gasteiger partial charge in [0.2, 0.25) is 0 Å². The van der Waals surface area contributed by atoms with Gasteiger partial charge in [0.15, 0.2) is 0 Å². The number of hydrogen-bond donors (Lipinski definition) is 1. The molecule has 3 heterocycles. The fourth-order valence-corrected chi connectivity index (χ4v) is 4.31. The summed E-state index contributed by atoms with van der Waals surface area (Å²) in [4.78, 5) is 21.4. The molecule has 0 aliphatic carbocycles. The van der Waals surface area contributed by atoms with Crippen molar-refractivity contribution in [2.75, 3.05) is 31.1 Å². The summed E-state index contributed by atoms with van der Waals surface area (Å²) in [6.45, 7) is 8.27. The van der Waals surface area contributed by atoms with E-state index >= 15 is 0 Å². The fourth-order valence-electron chi connectivity index (χ4n) is 4.31. The molecule has 0 bridgehead atoms. The average Bonchev–Trinajstić information content (AvgIpc) is 2.81. The van der Waals surface area contributed by atoms with Crippen molar-refractivity contribution < 1.29 is 9.53 Å². The Morgan fingerprint density at radius 1 is 1.06 bits per heavy atom. The van der Waals surface area contributed by atoms with Crippen molar-refractivity contribution in [3.05, 3.63) is 53.2 Å². The smallest absolute Gasteiger partial charge is 0.317 e. The van der Waals surface area contributed by atoms with E-state index in [2.05, 4.69) is 59.4 Å². The predicted molar refractivity (Wildman–Crippen MR) is 124 cm³/mol. The molecule has 2 saturated heterocycles. The molecule has 0 atom stereocenters. The maximum atomic E-state index is 12.6. The summed E-state index contributed by atoms with van der Waals surface area (Å²) >= 11 is 0. The summed E-state index contributed by atoms with van der Waals surface area (Å²) in [5, 5.41) is 3.04. The Balaban J connectivity index is 1.21. The van der Waals surface area contributed by atoms with Crippen LogP contribution in [0.1, 0.15) is 48.8 Å². The van der Waals surface area contributed by atoms with E-state index in [9.17, 15) is 4.79 Å². The van der Waals surface area contributed by atoms with Crippen LogP contribution < -0.4 is 15.0 Å². The van der Waals surface area contributed by atoms with Gasteiger partial charge in [0.05, 0.1) is 0 Å². The second kappa shape index (κ2) is 10.0. The Labute approximate surface area is 185 Å². The number of amides is 2. The summed E-state index contributed by atoms with van der Waals surface area (Å²) in [5.74, 6) is 2.00. The van der Waals surface area contributed by atoms with Crippen molar-refractivity contribution >= 4 is 11.8 Å². The van der Waals surface area contributed by atoms with Gasteiger partial charge in [-0.3, -0.25) is 0 Å². The largest absolute Gasteiger partial charge is 0.490 e. The highest BCUT2D eigenvalue weighted by molar-refractivity contribution is 5.74. The van der Waals surface area contributed by atoms with Crippen LogP contribution >= 0.6 is 0 Å². The molecule has 1 aromatic carbocycles. The SMILES string of the molecule is Cc1ccc(C)c(OC2CCN(C(=O)NCc3ccc(N4CCCCC4)nc3)CC2)c1. The van der Waals surface area contributed by atoms with E-state index in [-0.39, 0.29) is 12.1 Å². The minimum atomic E-state index is -0.00899. The summed E-state index contributed by atoms with van der Waals surface area (Å²) in [6.07, 6.45) is 7.55. The van der Waals surface area contributed by atoms with E-state index in [4.69, 9.17) is 4.74 Å². The quantitative estimate of drug-likeness (QED) is 0.774. The topological polar surface area (TPSA) is 57.7 Å². The molecule has 31 heavy (non-hydrogen) atoms. The number of nitrogens with one attached hydrogen (secondary N) is 1. The minimum Gasteiger partial charge on any atom is -0.490 e. The van der Waals surface area contributed by atoms with E-state index in [1.54, 1.807) is 0 Å². The third-order valence-electron chi connectivity index (χ3n) is 6.30. The Morgan fingerprint density at radius 3 is 2.55 bits per heavy atom. The summed E-state index contributed by atoms with van der Waals surface area (Å²) in [5.41, 5.74) is 3.39. The maximum absolute atomic E-state index is 12.6. The van der Waals surface area contributed by atoms with Crippen molar-refractivity contribution in [2.24, 2.45) is 0 Å². The van der Waals surface area contributed by atoms with Crippen molar-refractivity contribution in [3.8, 4) is 5.75 Å². The second-order valence-corrected chi connectivity index (χ2v) is 8.80. The lowest BCUT2D eigenvalue weighted by Crippen LogP contribution is -2.46. The molecule has 1 N–H and O–H groups in total. The fraction of sp³-hybridized carbons (Fsp3) is 0.520. The van der Waals surface area contributed by atoms with E-state index in [1.165, 1.54) is 24.8 Å². The highest BCUT2D eigenvalue weighted by Crippen LogP contribution is 2.24. The molecular weight excluding hydrogens is 388 g/mol. The van der Waals surface area contributed by atoms with Crippen LogP contribution in [0.3, 0.4) is 0 Å². The zero-order valence-corrected chi connectivity index (χ0v) is 18.8. The zero-order chi connectivity index (χ0) is 21.6. The number of anilines is 1. The normalized spacial score (nSPS) is 17.5. The van der Waals surface area contributed by atoms with Crippen molar-refractivity contribution in [1.29, 1.82) is 0 Å². The summed E-state index contributed by atoms with van der Waals surface area (Å²) in [6, 6.07) is 10.4. The molecule has 0 unspecified atom stereocenters. The first kappa shape index (κ1) is 21.5. The number of hydrogen-bond acceptors (Lipinski definition) is 4. The number of benzene rings is 1. The summed E-state index contributed by atoms with van der Waals surface area (Å²) < 4.78 is 6.21. The van der Waals surface area contributed by atoms with Gasteiger partial charge in [-0.1, -0.05) is 18.2 Å². The average molecular weight is 423 g/mol. The van der Waals surface area contributed by atoms with Gasteiger partial charge in [-0.15, -0.1) is 0 Å². The van der Waals surface area contributed by atoms with Crippen LogP contribution in [0, 0.1) is 13.8 Å². The van der Waals surface area contributed by atoms with Gasteiger partial charge < -0.3 is 19.9 Å². The first-order valence-corrected chi connectivity index (χ1v) is 11.5. The van der Waals surface area contributed by atoms with Gasteiger partial charge in [0, 0.05) is 51.8 Å². The molecule has 0 radical (unpaired) electrons. The highest BCUT2D eigenvalue weighted by Gasteiger charge is 2.24. The number of aromatic nitrogens is 1. The molecule has 0 saturated carbocycles. The first-order valence-electron chi connectivity index (χ1n) is 11.5. The third kappa shape index (κ3) is 5.69. The Morgan fingerprint density at radius 2 is 1.84 bits per heavy atom. The Bertz CT molecular complexity index is 870. The van der Waals surface area contributed by atoms with Gasteiger partial charge in [0.25, 0.3) is 0 Å². The molecule has 2 amide bonds. The van der Waals surface area contributed by atoms with Crippen LogP contribution in [-0.2, 0) is 6.54 Å². The molecule has 6 nitrogen and oxygen atoms in total. The number of likely N-dealkylation sites (tertiary alicyclic amines) is 1.